The Morgan fingerprint density at radius 3 is 2.87 bits per heavy atom. The highest BCUT2D eigenvalue weighted by atomic mass is 127. The van der Waals surface area contributed by atoms with Gasteiger partial charge in [-0.15, -0.1) is 0 Å². The summed E-state index contributed by atoms with van der Waals surface area (Å²) in [5.74, 6) is -0.358. The Morgan fingerprint density at radius 1 is 1.53 bits per heavy atom. The molecule has 0 heterocycles. The maximum absolute atomic E-state index is 11.5. The molecule has 15 heavy (non-hydrogen) atoms. The second kappa shape index (κ2) is 6.17. The molecule has 0 saturated carbocycles. The predicted molar refractivity (Wildman–Crippen MR) is 69.0 cm³/mol. The van der Waals surface area contributed by atoms with Crippen LogP contribution in [-0.4, -0.2) is 22.0 Å². The van der Waals surface area contributed by atoms with Crippen LogP contribution in [0.25, 0.3) is 0 Å². The number of phenols is 1. The molecule has 0 bridgehead atoms. The lowest BCUT2D eigenvalue weighted by Gasteiger charge is -2.05. The predicted octanol–water partition coefficient (Wildman–Crippen LogP) is 2.60. The maximum Gasteiger partial charge on any atom is 0.255 e. The Labute approximate surface area is 107 Å². The third-order valence-corrected chi connectivity index (χ3v) is 2.80. The van der Waals surface area contributed by atoms with Crippen molar-refractivity contribution in [3.8, 4) is 5.75 Å². The third-order valence-electron chi connectivity index (χ3n) is 1.80. The van der Waals surface area contributed by atoms with Crippen LogP contribution in [0.4, 0.5) is 0 Å². The first-order valence-corrected chi connectivity index (χ1v) is 6.38. The fourth-order valence-electron chi connectivity index (χ4n) is 1.06. The van der Waals surface area contributed by atoms with Gasteiger partial charge in [0.05, 0.1) is 5.56 Å². The van der Waals surface area contributed by atoms with E-state index in [9.17, 15) is 9.90 Å². The van der Waals surface area contributed by atoms with Crippen LogP contribution >= 0.6 is 34.2 Å². The third kappa shape index (κ3) is 3.87. The van der Waals surface area contributed by atoms with Crippen molar-refractivity contribution in [3.63, 3.8) is 0 Å². The van der Waals surface area contributed by atoms with Gasteiger partial charge in [-0.3, -0.25) is 4.79 Å². The maximum atomic E-state index is 11.5. The summed E-state index contributed by atoms with van der Waals surface area (Å²) in [6, 6.07) is 4.44. The van der Waals surface area contributed by atoms with Crippen molar-refractivity contribution in [2.45, 2.75) is 6.42 Å². The number of carbonyl (C=O) groups excluding carboxylic acids is 1. The molecular formula is C10H11ClINO2. The topological polar surface area (TPSA) is 49.3 Å². The summed E-state index contributed by atoms with van der Waals surface area (Å²) >= 11 is 7.90. The number of nitrogens with one attached hydrogen (secondary N) is 1. The zero-order valence-corrected chi connectivity index (χ0v) is 10.9. The molecule has 5 heteroatoms. The summed E-state index contributed by atoms with van der Waals surface area (Å²) in [6.45, 7) is 0.615. The lowest BCUT2D eigenvalue weighted by atomic mass is 10.2. The van der Waals surface area contributed by atoms with E-state index in [0.717, 1.165) is 10.8 Å². The minimum Gasteiger partial charge on any atom is -0.507 e. The first-order valence-electron chi connectivity index (χ1n) is 4.48. The molecule has 0 aromatic heterocycles. The largest absolute Gasteiger partial charge is 0.507 e. The molecule has 0 spiro atoms. The molecule has 0 radical (unpaired) electrons. The van der Waals surface area contributed by atoms with Gasteiger partial charge in [-0.25, -0.2) is 0 Å². The molecule has 2 N–H and O–H groups in total. The lowest BCUT2D eigenvalue weighted by molar-refractivity contribution is 0.0951. The zero-order valence-electron chi connectivity index (χ0n) is 7.96. The summed E-state index contributed by atoms with van der Waals surface area (Å²) in [5, 5.41) is 12.6. The van der Waals surface area contributed by atoms with Gasteiger partial charge in [0.15, 0.2) is 0 Å². The second-order valence-corrected chi connectivity index (χ2v) is 4.48. The molecular weight excluding hydrogens is 328 g/mol. The van der Waals surface area contributed by atoms with Crippen molar-refractivity contribution in [2.75, 3.05) is 11.0 Å². The smallest absolute Gasteiger partial charge is 0.255 e. The molecule has 0 unspecified atom stereocenters. The van der Waals surface area contributed by atoms with Crippen molar-refractivity contribution in [1.82, 2.24) is 5.32 Å². The average Bonchev–Trinajstić information content (AvgIpc) is 2.17. The van der Waals surface area contributed by atoms with E-state index in [0.29, 0.717) is 11.6 Å². The number of phenolic OH excluding ortho intramolecular Hbond substituents is 1. The van der Waals surface area contributed by atoms with Crippen molar-refractivity contribution < 1.29 is 9.90 Å². The number of hydrogen-bond donors (Lipinski definition) is 2. The molecule has 1 aromatic carbocycles. The molecule has 1 rings (SSSR count). The molecule has 0 saturated heterocycles. The number of amides is 1. The first-order chi connectivity index (χ1) is 7.15. The highest BCUT2D eigenvalue weighted by Crippen LogP contribution is 2.21. The normalized spacial score (nSPS) is 10.0. The first kappa shape index (κ1) is 12.6. The van der Waals surface area contributed by atoms with E-state index in [2.05, 4.69) is 27.9 Å². The van der Waals surface area contributed by atoms with Gasteiger partial charge in [-0.1, -0.05) is 34.2 Å². The fourth-order valence-corrected chi connectivity index (χ4v) is 1.61. The second-order valence-electron chi connectivity index (χ2n) is 2.96. The van der Waals surface area contributed by atoms with Crippen molar-refractivity contribution in [2.24, 2.45) is 0 Å². The van der Waals surface area contributed by atoms with Gasteiger partial charge in [0.1, 0.15) is 5.75 Å². The Morgan fingerprint density at radius 2 is 2.27 bits per heavy atom. The zero-order chi connectivity index (χ0) is 11.3. The van der Waals surface area contributed by atoms with Crippen molar-refractivity contribution in [3.05, 3.63) is 28.8 Å². The SMILES string of the molecule is O=C(NCCCI)c1ccc(Cl)cc1O. The van der Waals surface area contributed by atoms with Crippen LogP contribution in [0.15, 0.2) is 18.2 Å². The highest BCUT2D eigenvalue weighted by molar-refractivity contribution is 14.1. The number of benzene rings is 1. The number of halogens is 2. The van der Waals surface area contributed by atoms with Crippen LogP contribution in [0.2, 0.25) is 5.02 Å². The van der Waals surface area contributed by atoms with E-state index in [-0.39, 0.29) is 17.2 Å². The van der Waals surface area contributed by atoms with Gasteiger partial charge < -0.3 is 10.4 Å². The van der Waals surface area contributed by atoms with Gasteiger partial charge >= 0.3 is 0 Å². The minimum atomic E-state index is -0.269. The molecule has 82 valence electrons. The molecule has 1 amide bonds. The summed E-state index contributed by atoms with van der Waals surface area (Å²) in [7, 11) is 0. The van der Waals surface area contributed by atoms with Crippen LogP contribution < -0.4 is 5.32 Å². The van der Waals surface area contributed by atoms with E-state index in [1.165, 1.54) is 12.1 Å². The van der Waals surface area contributed by atoms with E-state index >= 15 is 0 Å². The molecule has 1 aromatic rings. The number of rotatable bonds is 4. The van der Waals surface area contributed by atoms with Gasteiger partial charge in [0.25, 0.3) is 5.91 Å². The molecule has 3 nitrogen and oxygen atoms in total. The van der Waals surface area contributed by atoms with Crippen LogP contribution in [0, 0.1) is 0 Å². The minimum absolute atomic E-state index is 0.0885. The monoisotopic (exact) mass is 339 g/mol. The Hall–Kier alpha value is -0.490. The van der Waals surface area contributed by atoms with Gasteiger partial charge in [-0.2, -0.15) is 0 Å². The van der Waals surface area contributed by atoms with Crippen LogP contribution in [0.3, 0.4) is 0 Å². The van der Waals surface area contributed by atoms with E-state index in [1.54, 1.807) is 6.07 Å². The summed E-state index contributed by atoms with van der Waals surface area (Å²) in [6.07, 6.45) is 0.917. The summed E-state index contributed by atoms with van der Waals surface area (Å²) in [4.78, 5) is 11.5. The molecule has 0 aliphatic heterocycles. The molecule has 0 fully saturated rings. The van der Waals surface area contributed by atoms with Gasteiger partial charge in [-0.05, 0) is 24.6 Å². The van der Waals surface area contributed by atoms with Gasteiger partial charge in [0, 0.05) is 16.0 Å². The van der Waals surface area contributed by atoms with Crippen molar-refractivity contribution in [1.29, 1.82) is 0 Å². The number of alkyl halides is 1. The average molecular weight is 340 g/mol. The fraction of sp³-hybridized carbons (Fsp3) is 0.300. The Kier molecular flexibility index (Phi) is 5.17. The van der Waals surface area contributed by atoms with E-state index in [1.807, 2.05) is 0 Å². The summed E-state index contributed by atoms with van der Waals surface area (Å²) < 4.78 is 0.991. The summed E-state index contributed by atoms with van der Waals surface area (Å²) in [5.41, 5.74) is 0.257. The highest BCUT2D eigenvalue weighted by Gasteiger charge is 2.10. The van der Waals surface area contributed by atoms with Crippen molar-refractivity contribution >= 4 is 40.1 Å². The van der Waals surface area contributed by atoms with Crippen LogP contribution in [-0.2, 0) is 0 Å². The quantitative estimate of drug-likeness (QED) is 0.503. The van der Waals surface area contributed by atoms with E-state index in [4.69, 9.17) is 11.6 Å². The number of aromatic hydroxyl groups is 1. The molecule has 0 atom stereocenters. The van der Waals surface area contributed by atoms with Crippen LogP contribution in [0.5, 0.6) is 5.75 Å². The number of hydrogen-bond acceptors (Lipinski definition) is 2. The van der Waals surface area contributed by atoms with Crippen LogP contribution in [0.1, 0.15) is 16.8 Å². The Balaban J connectivity index is 2.65. The molecule has 0 aliphatic rings. The standard InChI is InChI=1S/C10H11ClINO2/c11-7-2-3-8(9(14)6-7)10(15)13-5-1-4-12/h2-3,6,14H,1,4-5H2,(H,13,15). The molecule has 0 aliphatic carbocycles. The van der Waals surface area contributed by atoms with Gasteiger partial charge in [0.2, 0.25) is 0 Å². The lowest BCUT2D eigenvalue weighted by Crippen LogP contribution is -2.24. The Bertz CT molecular complexity index is 357. The number of carbonyl (C=O) groups is 1. The van der Waals surface area contributed by atoms with E-state index < -0.39 is 0 Å².